The van der Waals surface area contributed by atoms with E-state index in [1.807, 2.05) is 36.4 Å². The third-order valence-electron chi connectivity index (χ3n) is 5.93. The van der Waals surface area contributed by atoms with E-state index in [0.29, 0.717) is 41.6 Å². The highest BCUT2D eigenvalue weighted by Gasteiger charge is 2.13. The Kier molecular flexibility index (Phi) is 10.8. The molecule has 1 aliphatic heterocycles. The summed E-state index contributed by atoms with van der Waals surface area (Å²) >= 11 is 0. The van der Waals surface area contributed by atoms with E-state index >= 15 is 0 Å². The van der Waals surface area contributed by atoms with Gasteiger partial charge in [-0.15, -0.1) is 0 Å². The van der Waals surface area contributed by atoms with Gasteiger partial charge in [0, 0.05) is 12.2 Å². The fourth-order valence-corrected chi connectivity index (χ4v) is 3.99. The summed E-state index contributed by atoms with van der Waals surface area (Å²) in [6.45, 7) is 0.975. The highest BCUT2D eigenvalue weighted by Crippen LogP contribution is 2.34. The lowest BCUT2D eigenvalue weighted by molar-refractivity contribution is 0.174. The van der Waals surface area contributed by atoms with Crippen molar-refractivity contribution in [3.05, 3.63) is 53.1 Å². The molecule has 3 rings (SSSR count). The Morgan fingerprint density at radius 2 is 1.59 bits per heavy atom. The summed E-state index contributed by atoms with van der Waals surface area (Å²) in [5.74, 6) is 2.04. The predicted molar refractivity (Wildman–Crippen MR) is 133 cm³/mol. The molecule has 0 saturated carbocycles. The number of rotatable bonds is 15. The van der Waals surface area contributed by atoms with E-state index in [4.69, 9.17) is 19.3 Å². The summed E-state index contributed by atoms with van der Waals surface area (Å²) in [7, 11) is 0. The summed E-state index contributed by atoms with van der Waals surface area (Å²) in [5.41, 5.74) is 2.75. The van der Waals surface area contributed by atoms with Gasteiger partial charge < -0.3 is 24.4 Å². The van der Waals surface area contributed by atoms with Crippen molar-refractivity contribution in [3.63, 3.8) is 0 Å². The van der Waals surface area contributed by atoms with E-state index in [2.05, 4.69) is 6.07 Å². The molecule has 2 N–H and O–H groups in total. The molecule has 0 unspecified atom stereocenters. The zero-order valence-electron chi connectivity index (χ0n) is 19.8. The van der Waals surface area contributed by atoms with Crippen LogP contribution in [0.5, 0.6) is 17.2 Å². The predicted octanol–water partition coefficient (Wildman–Crippen LogP) is 5.85. The van der Waals surface area contributed by atoms with E-state index in [1.165, 1.54) is 32.1 Å². The molecule has 34 heavy (non-hydrogen) atoms. The maximum Gasteiger partial charge on any atom is 0.231 e. The van der Waals surface area contributed by atoms with Gasteiger partial charge in [-0.3, -0.25) is 0 Å². The minimum absolute atomic E-state index is 0.151. The van der Waals surface area contributed by atoms with Crippen molar-refractivity contribution in [3.8, 4) is 23.3 Å². The zero-order chi connectivity index (χ0) is 24.0. The maximum absolute atomic E-state index is 9.84. The first kappa shape index (κ1) is 25.6. The molecule has 0 spiro atoms. The van der Waals surface area contributed by atoms with E-state index < -0.39 is 0 Å². The fraction of sp³-hybridized carbons (Fsp3) is 0.464. The molecule has 2 aromatic rings. The Morgan fingerprint density at radius 1 is 0.882 bits per heavy atom. The standard InChI is InChI=1S/C28H35NO5/c29-19-24(16-22-10-12-27-28(17-22)34-21-33-27)23-11-13-26(25(18-23)20-31)32-15-9-7-5-3-1-2-4-6-8-14-30/h10-13,16-18,30-31H,1-9,14-15,20-21H2. The summed E-state index contributed by atoms with van der Waals surface area (Å²) in [6, 6.07) is 13.3. The molecule has 0 amide bonds. The highest BCUT2D eigenvalue weighted by atomic mass is 16.7. The lowest BCUT2D eigenvalue weighted by Gasteiger charge is -2.12. The van der Waals surface area contributed by atoms with Crippen LogP contribution in [0.2, 0.25) is 0 Å². The van der Waals surface area contributed by atoms with Gasteiger partial charge in [0.15, 0.2) is 11.5 Å². The monoisotopic (exact) mass is 465 g/mol. The highest BCUT2D eigenvalue weighted by molar-refractivity contribution is 5.90. The van der Waals surface area contributed by atoms with Crippen LogP contribution >= 0.6 is 0 Å². The molecule has 1 heterocycles. The number of unbranched alkanes of at least 4 members (excludes halogenated alkanes) is 8. The summed E-state index contributed by atoms with van der Waals surface area (Å²) in [4.78, 5) is 0. The summed E-state index contributed by atoms with van der Waals surface area (Å²) < 4.78 is 16.7. The lowest BCUT2D eigenvalue weighted by atomic mass is 10.0. The first-order chi connectivity index (χ1) is 16.7. The topological polar surface area (TPSA) is 91.9 Å². The second kappa shape index (κ2) is 14.3. The van der Waals surface area contributed by atoms with Crippen molar-refractivity contribution in [2.75, 3.05) is 20.0 Å². The van der Waals surface area contributed by atoms with Crippen molar-refractivity contribution in [1.29, 1.82) is 5.26 Å². The molecule has 6 heteroatoms. The molecule has 0 bridgehead atoms. The Labute approximate surface area is 202 Å². The third kappa shape index (κ3) is 7.79. The van der Waals surface area contributed by atoms with Gasteiger partial charge in [-0.1, -0.05) is 51.0 Å². The molecule has 0 atom stereocenters. The normalized spacial score (nSPS) is 12.6. The maximum atomic E-state index is 9.84. The average molecular weight is 466 g/mol. The van der Waals surface area contributed by atoms with Gasteiger partial charge in [-0.05, 0) is 60.4 Å². The second-order valence-electron chi connectivity index (χ2n) is 8.52. The van der Waals surface area contributed by atoms with Crippen LogP contribution in [0.15, 0.2) is 36.4 Å². The van der Waals surface area contributed by atoms with Gasteiger partial charge in [-0.2, -0.15) is 5.26 Å². The number of ether oxygens (including phenoxy) is 3. The van der Waals surface area contributed by atoms with Gasteiger partial charge in [0.25, 0.3) is 0 Å². The molecule has 0 aliphatic carbocycles. The SMILES string of the molecule is N#CC(=Cc1ccc2c(c1)OCO2)c1ccc(OCCCCCCCCCCCO)c(CO)c1. The molecule has 6 nitrogen and oxygen atoms in total. The van der Waals surface area contributed by atoms with Crippen molar-refractivity contribution >= 4 is 11.6 Å². The summed E-state index contributed by atoms with van der Waals surface area (Å²) in [5, 5.41) is 28.3. The van der Waals surface area contributed by atoms with E-state index in [9.17, 15) is 10.4 Å². The molecular weight excluding hydrogens is 430 g/mol. The molecule has 0 radical (unpaired) electrons. The van der Waals surface area contributed by atoms with Crippen LogP contribution in [0.25, 0.3) is 11.6 Å². The molecular formula is C28H35NO5. The van der Waals surface area contributed by atoms with Crippen LogP contribution in [0.3, 0.4) is 0 Å². The first-order valence-electron chi connectivity index (χ1n) is 12.2. The van der Waals surface area contributed by atoms with Gasteiger partial charge in [0.1, 0.15) is 5.75 Å². The van der Waals surface area contributed by atoms with Gasteiger partial charge in [0.2, 0.25) is 6.79 Å². The van der Waals surface area contributed by atoms with Gasteiger partial charge in [-0.25, -0.2) is 0 Å². The van der Waals surface area contributed by atoms with Gasteiger partial charge >= 0.3 is 0 Å². The number of aliphatic hydroxyl groups excluding tert-OH is 2. The number of fused-ring (bicyclic) bond motifs is 1. The largest absolute Gasteiger partial charge is 0.493 e. The minimum atomic E-state index is -0.151. The quantitative estimate of drug-likeness (QED) is 0.195. The van der Waals surface area contributed by atoms with E-state index in [-0.39, 0.29) is 13.4 Å². The molecule has 0 aromatic heterocycles. The number of aliphatic hydroxyl groups is 2. The van der Waals surface area contributed by atoms with E-state index in [1.54, 1.807) is 6.08 Å². The molecule has 0 fully saturated rings. The zero-order valence-corrected chi connectivity index (χ0v) is 19.8. The van der Waals surface area contributed by atoms with Crippen LogP contribution in [-0.4, -0.2) is 30.2 Å². The molecule has 182 valence electrons. The number of hydrogen-bond acceptors (Lipinski definition) is 6. The Bertz CT molecular complexity index is 979. The number of hydrogen-bond donors (Lipinski definition) is 2. The van der Waals surface area contributed by atoms with Crippen LogP contribution in [0.4, 0.5) is 0 Å². The van der Waals surface area contributed by atoms with Crippen LogP contribution < -0.4 is 14.2 Å². The summed E-state index contributed by atoms with van der Waals surface area (Å²) in [6.07, 6.45) is 12.1. The van der Waals surface area contributed by atoms with Crippen molar-refractivity contribution in [2.24, 2.45) is 0 Å². The molecule has 2 aromatic carbocycles. The Balaban J connectivity index is 1.47. The number of benzene rings is 2. The molecule has 0 saturated heterocycles. The van der Waals surface area contributed by atoms with E-state index in [0.717, 1.165) is 36.8 Å². The third-order valence-corrected chi connectivity index (χ3v) is 5.93. The van der Waals surface area contributed by atoms with Crippen LogP contribution in [0, 0.1) is 11.3 Å². The Hall–Kier alpha value is -3.01. The van der Waals surface area contributed by atoms with Crippen LogP contribution in [-0.2, 0) is 6.61 Å². The minimum Gasteiger partial charge on any atom is -0.493 e. The Morgan fingerprint density at radius 3 is 2.29 bits per heavy atom. The van der Waals surface area contributed by atoms with Crippen molar-refractivity contribution in [1.82, 2.24) is 0 Å². The molecule has 1 aliphatic rings. The van der Waals surface area contributed by atoms with Gasteiger partial charge in [0.05, 0.1) is 24.9 Å². The fourth-order valence-electron chi connectivity index (χ4n) is 3.99. The number of allylic oxidation sites excluding steroid dienone is 1. The van der Waals surface area contributed by atoms with Crippen molar-refractivity contribution in [2.45, 2.75) is 64.4 Å². The van der Waals surface area contributed by atoms with Crippen molar-refractivity contribution < 1.29 is 24.4 Å². The lowest BCUT2D eigenvalue weighted by Crippen LogP contribution is -2.01. The smallest absolute Gasteiger partial charge is 0.231 e. The second-order valence-corrected chi connectivity index (χ2v) is 8.52. The number of nitriles is 1. The average Bonchev–Trinajstić information content (AvgIpc) is 3.34. The van der Waals surface area contributed by atoms with Crippen LogP contribution in [0.1, 0.15) is 74.5 Å². The number of nitrogens with zero attached hydrogens (tertiary/aromatic N) is 1. The first-order valence-corrected chi connectivity index (χ1v) is 12.2.